The zero-order valence-corrected chi connectivity index (χ0v) is 13.8. The molecule has 0 aromatic heterocycles. The van der Waals surface area contributed by atoms with Gasteiger partial charge in [-0.15, -0.1) is 0 Å². The molecule has 1 spiro atoms. The van der Waals surface area contributed by atoms with E-state index >= 15 is 0 Å². The van der Waals surface area contributed by atoms with Gasteiger partial charge in [0.15, 0.2) is 5.60 Å². The smallest absolute Gasteiger partial charge is 0.303 e. The summed E-state index contributed by atoms with van der Waals surface area (Å²) in [5, 5.41) is 11.0. The molecule has 1 N–H and O–H groups in total. The average molecular weight is 322 g/mol. The fraction of sp³-hybridized carbons (Fsp3) is 0.824. The first-order valence-electron chi connectivity index (χ1n) is 8.28. The molecule has 3 heterocycles. The van der Waals surface area contributed by atoms with E-state index in [0.29, 0.717) is 13.0 Å². The molecule has 5 aliphatic rings. The highest BCUT2D eigenvalue weighted by atomic mass is 16.8. The first kappa shape index (κ1) is 14.4. The van der Waals surface area contributed by atoms with Crippen molar-refractivity contribution in [2.75, 3.05) is 6.61 Å². The Morgan fingerprint density at radius 1 is 1.43 bits per heavy atom. The Morgan fingerprint density at radius 2 is 2.17 bits per heavy atom. The minimum absolute atomic E-state index is 0.0781. The average Bonchev–Trinajstić information content (AvgIpc) is 3.33. The molecule has 0 amide bonds. The fourth-order valence-corrected chi connectivity index (χ4v) is 5.29. The van der Waals surface area contributed by atoms with Crippen molar-refractivity contribution in [2.45, 2.75) is 69.4 Å². The van der Waals surface area contributed by atoms with Crippen molar-refractivity contribution >= 4 is 5.97 Å². The van der Waals surface area contributed by atoms with Gasteiger partial charge in [-0.25, -0.2) is 0 Å². The fourth-order valence-electron chi connectivity index (χ4n) is 5.29. The van der Waals surface area contributed by atoms with Gasteiger partial charge in [-0.1, -0.05) is 13.8 Å². The summed E-state index contributed by atoms with van der Waals surface area (Å²) in [5.41, 5.74) is -0.332. The Labute approximate surface area is 134 Å². The molecule has 0 aromatic rings. The summed E-state index contributed by atoms with van der Waals surface area (Å²) in [4.78, 5) is 11.5. The highest BCUT2D eigenvalue weighted by molar-refractivity contribution is 5.66. The van der Waals surface area contributed by atoms with Gasteiger partial charge < -0.3 is 24.1 Å². The first-order valence-corrected chi connectivity index (χ1v) is 8.28. The van der Waals surface area contributed by atoms with Crippen LogP contribution in [0.2, 0.25) is 0 Å². The number of hydrogen-bond acceptors (Lipinski definition) is 6. The van der Waals surface area contributed by atoms with Gasteiger partial charge in [-0.2, -0.15) is 0 Å². The Hall–Kier alpha value is -0.950. The van der Waals surface area contributed by atoms with Gasteiger partial charge in [0, 0.05) is 18.3 Å². The van der Waals surface area contributed by atoms with Crippen LogP contribution in [0.5, 0.6) is 0 Å². The standard InChI is InChI=1S/C17H22O6/c1-8-11(21-9(2)18)13-12(22-13)10-5-17(19)16(6-14(8,10)3)15(4,23-16)7-20-17/h5,8,11-13,19H,6-7H2,1-4H3/t8-,11-,12+,13-,14+,15+,16+,17+/m0/s1. The monoisotopic (exact) mass is 322 g/mol. The van der Waals surface area contributed by atoms with Crippen molar-refractivity contribution in [3.05, 3.63) is 11.6 Å². The minimum atomic E-state index is -1.37. The van der Waals surface area contributed by atoms with Crippen LogP contribution in [-0.2, 0) is 23.7 Å². The number of carbonyl (C=O) groups excluding carboxylic acids is 1. The van der Waals surface area contributed by atoms with E-state index in [9.17, 15) is 9.90 Å². The highest BCUT2D eigenvalue weighted by Gasteiger charge is 2.85. The van der Waals surface area contributed by atoms with Crippen molar-refractivity contribution in [3.8, 4) is 0 Å². The van der Waals surface area contributed by atoms with Gasteiger partial charge in [-0.05, 0) is 25.0 Å². The van der Waals surface area contributed by atoms with Crippen LogP contribution in [0, 0.1) is 11.3 Å². The highest BCUT2D eigenvalue weighted by Crippen LogP contribution is 2.71. The van der Waals surface area contributed by atoms with Crippen LogP contribution in [0.4, 0.5) is 0 Å². The number of fused-ring (bicyclic) bond motifs is 3. The Balaban J connectivity index is 1.59. The van der Waals surface area contributed by atoms with E-state index in [1.165, 1.54) is 6.92 Å². The molecule has 0 unspecified atom stereocenters. The van der Waals surface area contributed by atoms with Crippen molar-refractivity contribution in [1.82, 2.24) is 0 Å². The molecule has 4 fully saturated rings. The topological polar surface area (TPSA) is 80.8 Å². The molecule has 0 aromatic carbocycles. The molecule has 2 aliphatic carbocycles. The van der Waals surface area contributed by atoms with E-state index in [-0.39, 0.29) is 35.6 Å². The number of carbonyl (C=O) groups is 1. The largest absolute Gasteiger partial charge is 0.459 e. The maximum Gasteiger partial charge on any atom is 0.303 e. The molecular formula is C17H22O6. The molecule has 0 bridgehead atoms. The third-order valence-electron chi connectivity index (χ3n) is 6.94. The van der Waals surface area contributed by atoms with Crippen molar-refractivity contribution in [3.63, 3.8) is 0 Å². The molecule has 6 heteroatoms. The zero-order chi connectivity index (χ0) is 16.4. The van der Waals surface area contributed by atoms with Gasteiger partial charge in [0.2, 0.25) is 5.79 Å². The van der Waals surface area contributed by atoms with E-state index in [0.717, 1.165) is 5.57 Å². The number of esters is 1. The molecule has 3 aliphatic heterocycles. The van der Waals surface area contributed by atoms with Gasteiger partial charge in [-0.3, -0.25) is 4.79 Å². The normalized spacial score (nSPS) is 61.5. The maximum absolute atomic E-state index is 11.5. The van der Waals surface area contributed by atoms with Crippen molar-refractivity contribution in [2.24, 2.45) is 11.3 Å². The SMILES string of the molecule is CC(=O)O[C@@H]1[C@@H]2O[C@@H]2C2=C[C@@]3(O)OC[C@@]4(C)O[C@@]34C[C@]2(C)[C@H]1C. The predicted molar refractivity (Wildman–Crippen MR) is 77.3 cm³/mol. The second-order valence-electron chi connectivity index (χ2n) is 8.22. The summed E-state index contributed by atoms with van der Waals surface area (Å²) in [6.07, 6.45) is 1.99. The lowest BCUT2D eigenvalue weighted by atomic mass is 9.55. The summed E-state index contributed by atoms with van der Waals surface area (Å²) < 4.78 is 23.1. The number of hydrogen-bond donors (Lipinski definition) is 1. The molecule has 126 valence electrons. The Morgan fingerprint density at radius 3 is 2.83 bits per heavy atom. The van der Waals surface area contributed by atoms with E-state index < -0.39 is 17.0 Å². The van der Waals surface area contributed by atoms with Gasteiger partial charge in [0.25, 0.3) is 0 Å². The van der Waals surface area contributed by atoms with E-state index in [2.05, 4.69) is 13.8 Å². The summed E-state index contributed by atoms with van der Waals surface area (Å²) in [5.74, 6) is -1.58. The lowest BCUT2D eigenvalue weighted by molar-refractivity contribution is -0.214. The van der Waals surface area contributed by atoms with Crippen molar-refractivity contribution < 1.29 is 28.8 Å². The van der Waals surface area contributed by atoms with Crippen LogP contribution in [0.15, 0.2) is 11.6 Å². The predicted octanol–water partition coefficient (Wildman–Crippen LogP) is 0.918. The zero-order valence-electron chi connectivity index (χ0n) is 13.8. The molecule has 0 radical (unpaired) electrons. The van der Waals surface area contributed by atoms with Crippen LogP contribution in [-0.4, -0.2) is 53.0 Å². The van der Waals surface area contributed by atoms with Crippen LogP contribution in [0.1, 0.15) is 34.1 Å². The number of rotatable bonds is 1. The lowest BCUT2D eigenvalue weighted by Gasteiger charge is -2.50. The molecule has 6 nitrogen and oxygen atoms in total. The third-order valence-corrected chi connectivity index (χ3v) is 6.94. The molecule has 3 saturated heterocycles. The van der Waals surface area contributed by atoms with Gasteiger partial charge in [0.1, 0.15) is 23.9 Å². The van der Waals surface area contributed by atoms with Crippen LogP contribution in [0.3, 0.4) is 0 Å². The van der Waals surface area contributed by atoms with E-state index in [1.54, 1.807) is 0 Å². The summed E-state index contributed by atoms with van der Waals surface area (Å²) in [7, 11) is 0. The molecular weight excluding hydrogens is 300 g/mol. The first-order chi connectivity index (χ1) is 10.7. The van der Waals surface area contributed by atoms with Crippen LogP contribution in [0.25, 0.3) is 0 Å². The molecule has 23 heavy (non-hydrogen) atoms. The van der Waals surface area contributed by atoms with E-state index in [1.807, 2.05) is 13.0 Å². The Kier molecular flexibility index (Phi) is 2.29. The molecule has 8 atom stereocenters. The van der Waals surface area contributed by atoms with Gasteiger partial charge >= 0.3 is 5.97 Å². The second-order valence-corrected chi connectivity index (χ2v) is 8.22. The van der Waals surface area contributed by atoms with Crippen LogP contribution >= 0.6 is 0 Å². The van der Waals surface area contributed by atoms with Crippen molar-refractivity contribution in [1.29, 1.82) is 0 Å². The second kappa shape index (κ2) is 3.67. The third kappa shape index (κ3) is 1.43. The quantitative estimate of drug-likeness (QED) is 0.439. The summed E-state index contributed by atoms with van der Waals surface area (Å²) in [6, 6.07) is 0. The maximum atomic E-state index is 11.5. The summed E-state index contributed by atoms with van der Waals surface area (Å²) >= 11 is 0. The summed E-state index contributed by atoms with van der Waals surface area (Å²) in [6.45, 7) is 8.06. The minimum Gasteiger partial charge on any atom is -0.459 e. The van der Waals surface area contributed by atoms with Gasteiger partial charge in [0.05, 0.1) is 6.61 Å². The van der Waals surface area contributed by atoms with Crippen LogP contribution < -0.4 is 0 Å². The lowest BCUT2D eigenvalue weighted by Crippen LogP contribution is -2.57. The Bertz CT molecular complexity index is 659. The number of epoxide rings is 2. The van der Waals surface area contributed by atoms with E-state index in [4.69, 9.17) is 18.9 Å². The number of aliphatic hydroxyl groups is 1. The molecule has 5 rings (SSSR count). The molecule has 1 saturated carbocycles. The number of ether oxygens (including phenoxy) is 4.